The maximum atomic E-state index is 11.8. The van der Waals surface area contributed by atoms with Crippen molar-refractivity contribution in [2.75, 3.05) is 18.1 Å². The molecule has 1 saturated heterocycles. The molecule has 1 fully saturated rings. The van der Waals surface area contributed by atoms with Crippen LogP contribution in [-0.4, -0.2) is 24.0 Å². The standard InChI is InChI=1S/C13H15ClN2O/c14-11-5-6-12-10(9-11)3-1-7-15(12)16-8-2-4-13(16)17/h5-6,9H,1-4,7-8H2. The Bertz CT molecular complexity index is 461. The van der Waals surface area contributed by atoms with E-state index in [1.165, 1.54) is 5.56 Å². The molecular weight excluding hydrogens is 236 g/mol. The molecule has 0 aromatic heterocycles. The zero-order valence-corrected chi connectivity index (χ0v) is 10.4. The van der Waals surface area contributed by atoms with E-state index in [0.29, 0.717) is 6.42 Å². The zero-order chi connectivity index (χ0) is 11.8. The van der Waals surface area contributed by atoms with Gasteiger partial charge in [0.25, 0.3) is 0 Å². The third-order valence-electron chi connectivity index (χ3n) is 3.48. The van der Waals surface area contributed by atoms with Crippen molar-refractivity contribution >= 4 is 23.2 Å². The maximum Gasteiger partial charge on any atom is 0.241 e. The predicted octanol–water partition coefficient (Wildman–Crippen LogP) is 2.63. The number of hydrogen-bond donors (Lipinski definition) is 0. The Kier molecular flexibility index (Phi) is 2.71. The summed E-state index contributed by atoms with van der Waals surface area (Å²) in [6, 6.07) is 5.95. The smallest absolute Gasteiger partial charge is 0.241 e. The number of aryl methyl sites for hydroxylation is 1. The number of anilines is 1. The van der Waals surface area contributed by atoms with Gasteiger partial charge >= 0.3 is 0 Å². The van der Waals surface area contributed by atoms with Crippen LogP contribution in [0.15, 0.2) is 18.2 Å². The highest BCUT2D eigenvalue weighted by molar-refractivity contribution is 6.30. The normalized spacial score (nSPS) is 19.7. The molecule has 1 amide bonds. The van der Waals surface area contributed by atoms with E-state index in [9.17, 15) is 4.79 Å². The summed E-state index contributed by atoms with van der Waals surface area (Å²) in [6.07, 6.45) is 3.78. The van der Waals surface area contributed by atoms with Gasteiger partial charge in [0.1, 0.15) is 0 Å². The summed E-state index contributed by atoms with van der Waals surface area (Å²) in [5, 5.41) is 4.80. The number of hydrazine groups is 1. The Hall–Kier alpha value is -1.22. The molecule has 1 aromatic carbocycles. The zero-order valence-electron chi connectivity index (χ0n) is 9.66. The predicted molar refractivity (Wildman–Crippen MR) is 68.1 cm³/mol. The monoisotopic (exact) mass is 250 g/mol. The Labute approximate surface area is 106 Å². The number of nitrogens with zero attached hydrogens (tertiary/aromatic N) is 2. The number of rotatable bonds is 1. The van der Waals surface area contributed by atoms with Crippen molar-refractivity contribution in [3.63, 3.8) is 0 Å². The van der Waals surface area contributed by atoms with Crippen molar-refractivity contribution in [2.45, 2.75) is 25.7 Å². The molecule has 0 saturated carbocycles. The summed E-state index contributed by atoms with van der Waals surface area (Å²) in [5.74, 6) is 0.243. The van der Waals surface area contributed by atoms with Crippen LogP contribution < -0.4 is 5.01 Å². The number of hydrogen-bond acceptors (Lipinski definition) is 2. The fourth-order valence-corrected chi connectivity index (χ4v) is 2.88. The van der Waals surface area contributed by atoms with Gasteiger partial charge in [0.2, 0.25) is 5.91 Å². The minimum absolute atomic E-state index is 0.243. The van der Waals surface area contributed by atoms with Crippen LogP contribution in [0.2, 0.25) is 5.02 Å². The first-order valence-corrected chi connectivity index (χ1v) is 6.50. The van der Waals surface area contributed by atoms with Gasteiger partial charge in [0.15, 0.2) is 0 Å². The van der Waals surface area contributed by atoms with E-state index in [0.717, 1.165) is 43.1 Å². The molecule has 17 heavy (non-hydrogen) atoms. The molecule has 2 heterocycles. The molecule has 0 N–H and O–H groups in total. The molecule has 0 unspecified atom stereocenters. The Morgan fingerprint density at radius 2 is 1.82 bits per heavy atom. The van der Waals surface area contributed by atoms with Gasteiger partial charge in [-0.2, -0.15) is 0 Å². The Morgan fingerprint density at radius 1 is 1.06 bits per heavy atom. The van der Waals surface area contributed by atoms with E-state index in [1.54, 1.807) is 0 Å². The van der Waals surface area contributed by atoms with Crippen LogP contribution in [0.4, 0.5) is 5.69 Å². The first-order chi connectivity index (χ1) is 8.25. The van der Waals surface area contributed by atoms with E-state index in [1.807, 2.05) is 23.2 Å². The molecule has 3 rings (SSSR count). The average Bonchev–Trinajstić information content (AvgIpc) is 2.74. The van der Waals surface area contributed by atoms with E-state index >= 15 is 0 Å². The fourth-order valence-electron chi connectivity index (χ4n) is 2.69. The summed E-state index contributed by atoms with van der Waals surface area (Å²) in [6.45, 7) is 1.78. The molecule has 0 radical (unpaired) electrons. The van der Waals surface area contributed by atoms with Crippen LogP contribution >= 0.6 is 11.6 Å². The van der Waals surface area contributed by atoms with Gasteiger partial charge in [0, 0.05) is 24.5 Å². The number of carbonyl (C=O) groups is 1. The summed E-state index contributed by atoms with van der Waals surface area (Å²) < 4.78 is 0. The molecule has 90 valence electrons. The molecule has 2 aliphatic rings. The highest BCUT2D eigenvalue weighted by Gasteiger charge is 2.29. The largest absolute Gasteiger partial charge is 0.283 e. The van der Waals surface area contributed by atoms with Crippen LogP contribution in [0, 0.1) is 0 Å². The minimum Gasteiger partial charge on any atom is -0.283 e. The first kappa shape index (κ1) is 10.9. The number of carbonyl (C=O) groups excluding carboxylic acids is 1. The van der Waals surface area contributed by atoms with Crippen molar-refractivity contribution in [3.8, 4) is 0 Å². The van der Waals surface area contributed by atoms with Crippen molar-refractivity contribution in [1.29, 1.82) is 0 Å². The Morgan fingerprint density at radius 3 is 2.59 bits per heavy atom. The van der Waals surface area contributed by atoms with Crippen molar-refractivity contribution in [2.24, 2.45) is 0 Å². The molecule has 3 nitrogen and oxygen atoms in total. The van der Waals surface area contributed by atoms with Crippen LogP contribution in [-0.2, 0) is 11.2 Å². The third kappa shape index (κ3) is 1.89. The minimum atomic E-state index is 0.243. The van der Waals surface area contributed by atoms with Gasteiger partial charge in [0.05, 0.1) is 5.69 Å². The van der Waals surface area contributed by atoms with Gasteiger partial charge in [-0.3, -0.25) is 14.8 Å². The van der Waals surface area contributed by atoms with Gasteiger partial charge in [-0.25, -0.2) is 0 Å². The number of fused-ring (bicyclic) bond motifs is 1. The van der Waals surface area contributed by atoms with Crippen LogP contribution in [0.5, 0.6) is 0 Å². The summed E-state index contributed by atoms with van der Waals surface area (Å²) in [4.78, 5) is 11.8. The lowest BCUT2D eigenvalue weighted by molar-refractivity contribution is -0.128. The number of halogens is 1. The van der Waals surface area contributed by atoms with Crippen LogP contribution in [0.25, 0.3) is 0 Å². The molecule has 0 atom stereocenters. The van der Waals surface area contributed by atoms with Crippen molar-refractivity contribution in [3.05, 3.63) is 28.8 Å². The van der Waals surface area contributed by atoms with E-state index in [4.69, 9.17) is 11.6 Å². The molecule has 0 aliphatic carbocycles. The van der Waals surface area contributed by atoms with Crippen LogP contribution in [0.1, 0.15) is 24.8 Å². The molecule has 0 spiro atoms. The lowest BCUT2D eigenvalue weighted by Crippen LogP contribution is -2.46. The molecule has 0 bridgehead atoms. The third-order valence-corrected chi connectivity index (χ3v) is 3.71. The van der Waals surface area contributed by atoms with Gasteiger partial charge < -0.3 is 0 Å². The SMILES string of the molecule is O=C1CCCN1N1CCCc2cc(Cl)ccc21. The average molecular weight is 251 g/mol. The summed E-state index contributed by atoms with van der Waals surface area (Å²) in [5.41, 5.74) is 2.40. The van der Waals surface area contributed by atoms with Gasteiger partial charge in [-0.05, 0) is 43.0 Å². The number of benzene rings is 1. The van der Waals surface area contributed by atoms with Crippen molar-refractivity contribution < 1.29 is 4.79 Å². The lowest BCUT2D eigenvalue weighted by atomic mass is 10.0. The molecule has 1 aromatic rings. The molecule has 4 heteroatoms. The molecule has 2 aliphatic heterocycles. The Balaban J connectivity index is 1.96. The van der Waals surface area contributed by atoms with E-state index < -0.39 is 0 Å². The van der Waals surface area contributed by atoms with E-state index in [-0.39, 0.29) is 5.91 Å². The topological polar surface area (TPSA) is 23.6 Å². The summed E-state index contributed by atoms with van der Waals surface area (Å²) in [7, 11) is 0. The highest BCUT2D eigenvalue weighted by Crippen LogP contribution is 2.32. The fraction of sp³-hybridized carbons (Fsp3) is 0.462. The quantitative estimate of drug-likeness (QED) is 0.765. The second-order valence-electron chi connectivity index (χ2n) is 4.62. The van der Waals surface area contributed by atoms with Gasteiger partial charge in [-0.15, -0.1) is 0 Å². The highest BCUT2D eigenvalue weighted by atomic mass is 35.5. The lowest BCUT2D eigenvalue weighted by Gasteiger charge is -2.37. The van der Waals surface area contributed by atoms with Crippen LogP contribution in [0.3, 0.4) is 0 Å². The summed E-state index contributed by atoms with van der Waals surface area (Å²) >= 11 is 6.01. The maximum absolute atomic E-state index is 11.8. The van der Waals surface area contributed by atoms with Gasteiger partial charge in [-0.1, -0.05) is 11.6 Å². The first-order valence-electron chi connectivity index (χ1n) is 6.12. The van der Waals surface area contributed by atoms with E-state index in [2.05, 4.69) is 5.01 Å². The second-order valence-corrected chi connectivity index (χ2v) is 5.06. The number of amides is 1. The second kappa shape index (κ2) is 4.22. The van der Waals surface area contributed by atoms with Crippen molar-refractivity contribution in [1.82, 2.24) is 5.01 Å². The molecular formula is C13H15ClN2O.